The van der Waals surface area contributed by atoms with E-state index in [0.717, 1.165) is 16.7 Å². The first-order valence-corrected chi connectivity index (χ1v) is 13.3. The van der Waals surface area contributed by atoms with E-state index in [1.807, 2.05) is 0 Å². The molecule has 37 heavy (non-hydrogen) atoms. The highest BCUT2D eigenvalue weighted by Crippen LogP contribution is 2.36. The number of nitrogens with zero attached hydrogens (tertiary/aromatic N) is 1. The van der Waals surface area contributed by atoms with E-state index in [4.69, 9.17) is 13.7 Å². The van der Waals surface area contributed by atoms with Gasteiger partial charge in [-0.3, -0.25) is 14.5 Å². The van der Waals surface area contributed by atoms with Crippen LogP contribution < -0.4 is 13.7 Å². The number of halogens is 1. The van der Waals surface area contributed by atoms with Crippen molar-refractivity contribution in [3.63, 3.8) is 0 Å². The molecule has 0 radical (unpaired) electrons. The Labute approximate surface area is 217 Å². The second-order valence-corrected chi connectivity index (χ2v) is 10.3. The summed E-state index contributed by atoms with van der Waals surface area (Å²) in [6, 6.07) is 15.8. The van der Waals surface area contributed by atoms with Crippen molar-refractivity contribution in [2.75, 3.05) is 13.7 Å². The standard InChI is InChI=1S/C26H22FNO7S2/c1-3-34-23-14-18(6-13-22(23)35-37(31,32)21-11-9-20(33-2)10-12-21)15-24-25(29)28(26(30)36-24)16-17-4-7-19(27)8-5-17/h4-15H,3,16H2,1-2H3/b24-15-. The Balaban J connectivity index is 1.55. The molecule has 0 aliphatic carbocycles. The Morgan fingerprint density at radius 1 is 0.973 bits per heavy atom. The first kappa shape index (κ1) is 26.2. The van der Waals surface area contributed by atoms with E-state index in [1.54, 1.807) is 13.0 Å². The van der Waals surface area contributed by atoms with Gasteiger partial charge in [0.05, 0.1) is 25.2 Å². The Bertz CT molecular complexity index is 1450. The minimum atomic E-state index is -4.15. The van der Waals surface area contributed by atoms with Crippen molar-refractivity contribution in [3.8, 4) is 17.2 Å². The van der Waals surface area contributed by atoms with E-state index in [1.165, 1.54) is 73.8 Å². The summed E-state index contributed by atoms with van der Waals surface area (Å²) in [5, 5.41) is -0.448. The van der Waals surface area contributed by atoms with Gasteiger partial charge in [-0.1, -0.05) is 18.2 Å². The Morgan fingerprint density at radius 2 is 1.68 bits per heavy atom. The molecule has 1 saturated heterocycles. The second-order valence-electron chi connectivity index (χ2n) is 7.75. The van der Waals surface area contributed by atoms with Crippen LogP contribution in [-0.4, -0.2) is 38.2 Å². The lowest BCUT2D eigenvalue weighted by molar-refractivity contribution is -0.123. The Hall–Kier alpha value is -3.83. The molecule has 1 aliphatic heterocycles. The zero-order chi connectivity index (χ0) is 26.6. The fourth-order valence-corrected chi connectivity index (χ4v) is 5.20. The van der Waals surface area contributed by atoms with E-state index in [9.17, 15) is 22.4 Å². The van der Waals surface area contributed by atoms with Crippen LogP contribution in [0, 0.1) is 5.82 Å². The van der Waals surface area contributed by atoms with E-state index in [2.05, 4.69) is 0 Å². The van der Waals surface area contributed by atoms with Gasteiger partial charge in [0.2, 0.25) is 0 Å². The van der Waals surface area contributed by atoms with Crippen LogP contribution in [0.15, 0.2) is 76.5 Å². The summed E-state index contributed by atoms with van der Waals surface area (Å²) in [5.41, 5.74) is 1.12. The maximum absolute atomic E-state index is 13.2. The monoisotopic (exact) mass is 543 g/mol. The summed E-state index contributed by atoms with van der Waals surface area (Å²) < 4.78 is 54.6. The molecule has 2 amide bonds. The third-order valence-corrected chi connectivity index (χ3v) is 7.40. The van der Waals surface area contributed by atoms with Crippen LogP contribution in [0.3, 0.4) is 0 Å². The third-order valence-electron chi connectivity index (χ3n) is 5.24. The van der Waals surface area contributed by atoms with Crippen molar-refractivity contribution in [1.29, 1.82) is 0 Å². The van der Waals surface area contributed by atoms with Crippen LogP contribution in [0.4, 0.5) is 9.18 Å². The summed E-state index contributed by atoms with van der Waals surface area (Å²) in [6.45, 7) is 1.98. The van der Waals surface area contributed by atoms with Crippen LogP contribution in [0.5, 0.6) is 17.2 Å². The fraction of sp³-hybridized carbons (Fsp3) is 0.154. The fourth-order valence-electron chi connectivity index (χ4n) is 3.42. The summed E-state index contributed by atoms with van der Waals surface area (Å²) in [7, 11) is -2.68. The van der Waals surface area contributed by atoms with Crippen molar-refractivity contribution < 1.29 is 36.1 Å². The highest BCUT2D eigenvalue weighted by molar-refractivity contribution is 8.18. The number of rotatable bonds is 9. The summed E-state index contributed by atoms with van der Waals surface area (Å²) in [6.07, 6.45) is 1.51. The van der Waals surface area contributed by atoms with Crippen LogP contribution in [0.25, 0.3) is 6.08 Å². The number of carbonyl (C=O) groups is 2. The number of benzene rings is 3. The van der Waals surface area contributed by atoms with E-state index in [-0.39, 0.29) is 34.5 Å². The van der Waals surface area contributed by atoms with Gasteiger partial charge in [0.15, 0.2) is 11.5 Å². The molecule has 0 atom stereocenters. The molecule has 11 heteroatoms. The molecule has 192 valence electrons. The number of hydrogen-bond donors (Lipinski definition) is 0. The predicted octanol–water partition coefficient (Wildman–Crippen LogP) is 5.24. The van der Waals surface area contributed by atoms with Gasteiger partial charge in [-0.2, -0.15) is 8.42 Å². The van der Waals surface area contributed by atoms with Gasteiger partial charge in [-0.05, 0) is 84.4 Å². The van der Waals surface area contributed by atoms with Gasteiger partial charge in [-0.25, -0.2) is 4.39 Å². The van der Waals surface area contributed by atoms with E-state index < -0.39 is 27.1 Å². The highest BCUT2D eigenvalue weighted by atomic mass is 32.2. The van der Waals surface area contributed by atoms with E-state index in [0.29, 0.717) is 16.9 Å². The number of methoxy groups -OCH3 is 1. The smallest absolute Gasteiger partial charge is 0.339 e. The molecule has 0 unspecified atom stereocenters. The molecule has 0 spiro atoms. The zero-order valence-corrected chi connectivity index (χ0v) is 21.5. The van der Waals surface area contributed by atoms with Crippen LogP contribution in [-0.2, 0) is 21.5 Å². The quantitative estimate of drug-likeness (QED) is 0.267. The average Bonchev–Trinajstić information content (AvgIpc) is 3.14. The molecule has 1 fully saturated rings. The highest BCUT2D eigenvalue weighted by Gasteiger charge is 2.35. The van der Waals surface area contributed by atoms with Gasteiger partial charge in [0.25, 0.3) is 11.1 Å². The molecule has 4 rings (SSSR count). The molecule has 3 aromatic rings. The number of carbonyl (C=O) groups excluding carboxylic acids is 2. The lowest BCUT2D eigenvalue weighted by Gasteiger charge is -2.13. The zero-order valence-electron chi connectivity index (χ0n) is 19.8. The lowest BCUT2D eigenvalue weighted by Crippen LogP contribution is -2.27. The second kappa shape index (κ2) is 11.1. The Morgan fingerprint density at radius 3 is 2.32 bits per heavy atom. The van der Waals surface area contributed by atoms with Crippen LogP contribution in [0.2, 0.25) is 0 Å². The maximum atomic E-state index is 13.2. The van der Waals surface area contributed by atoms with Crippen LogP contribution >= 0.6 is 11.8 Å². The van der Waals surface area contributed by atoms with Gasteiger partial charge in [-0.15, -0.1) is 0 Å². The number of imide groups is 1. The molecule has 8 nitrogen and oxygen atoms in total. The SMILES string of the molecule is CCOc1cc(/C=C2\SC(=O)N(Cc3ccc(F)cc3)C2=O)ccc1OS(=O)(=O)c1ccc(OC)cc1. The number of ether oxygens (including phenoxy) is 2. The Kier molecular flexibility index (Phi) is 7.84. The lowest BCUT2D eigenvalue weighted by atomic mass is 10.1. The van der Waals surface area contributed by atoms with Crippen molar-refractivity contribution >= 4 is 39.1 Å². The van der Waals surface area contributed by atoms with Gasteiger partial charge < -0.3 is 13.7 Å². The molecule has 0 saturated carbocycles. The largest absolute Gasteiger partial charge is 0.497 e. The van der Waals surface area contributed by atoms with Crippen LogP contribution in [0.1, 0.15) is 18.1 Å². The van der Waals surface area contributed by atoms with Gasteiger partial charge >= 0.3 is 10.1 Å². The minimum absolute atomic E-state index is 0.0163. The average molecular weight is 544 g/mol. The van der Waals surface area contributed by atoms with Crippen molar-refractivity contribution in [1.82, 2.24) is 4.90 Å². The topological polar surface area (TPSA) is 99.2 Å². The summed E-state index contributed by atoms with van der Waals surface area (Å²) in [4.78, 5) is 26.5. The summed E-state index contributed by atoms with van der Waals surface area (Å²) in [5.74, 6) is -0.273. The molecular weight excluding hydrogens is 521 g/mol. The van der Waals surface area contributed by atoms with Gasteiger partial charge in [0.1, 0.15) is 16.5 Å². The molecule has 0 aromatic heterocycles. The van der Waals surface area contributed by atoms with Crippen molar-refractivity contribution in [2.45, 2.75) is 18.4 Å². The number of hydrogen-bond acceptors (Lipinski definition) is 8. The predicted molar refractivity (Wildman–Crippen MR) is 136 cm³/mol. The maximum Gasteiger partial charge on any atom is 0.339 e. The first-order chi connectivity index (χ1) is 17.7. The van der Waals surface area contributed by atoms with Gasteiger partial charge in [0, 0.05) is 0 Å². The molecule has 0 N–H and O–H groups in total. The summed E-state index contributed by atoms with van der Waals surface area (Å²) >= 11 is 0.779. The molecule has 3 aromatic carbocycles. The minimum Gasteiger partial charge on any atom is -0.497 e. The molecule has 1 heterocycles. The first-order valence-electron chi connectivity index (χ1n) is 11.1. The number of amides is 2. The normalized spacial score (nSPS) is 14.8. The van der Waals surface area contributed by atoms with Crippen molar-refractivity contribution in [3.05, 3.63) is 88.6 Å². The molecule has 0 bridgehead atoms. The van der Waals surface area contributed by atoms with Crippen molar-refractivity contribution in [2.24, 2.45) is 0 Å². The van der Waals surface area contributed by atoms with E-state index >= 15 is 0 Å². The third kappa shape index (κ3) is 6.12. The number of thioether (sulfide) groups is 1. The molecular formula is C26H22FNO7S2. The molecule has 1 aliphatic rings.